The molecular weight excluding hydrogens is 445 g/mol. The summed E-state index contributed by atoms with van der Waals surface area (Å²) in [6.45, 7) is 4.05. The first kappa shape index (κ1) is 25.2. The molecule has 0 amide bonds. The molecule has 0 spiro atoms. The second kappa shape index (κ2) is 11.7. The Morgan fingerprint density at radius 3 is 2.37 bits per heavy atom. The van der Waals surface area contributed by atoms with E-state index in [1.54, 1.807) is 24.3 Å². The largest absolute Gasteiger partial charge is 0.486 e. The minimum absolute atomic E-state index is 0.129. The van der Waals surface area contributed by atoms with E-state index in [4.69, 9.17) is 4.74 Å². The monoisotopic (exact) mass is 478 g/mol. The SMILES string of the molecule is C/C=C/COc1ccc(C#Cc2ccc(C3CCC4CC(/C=C/C)CCC4C3)cc2F)c(F)c1F. The number of rotatable bonds is 5. The van der Waals surface area contributed by atoms with Crippen molar-refractivity contribution in [3.63, 3.8) is 0 Å². The highest BCUT2D eigenvalue weighted by molar-refractivity contribution is 5.47. The van der Waals surface area contributed by atoms with Crippen LogP contribution in [0.25, 0.3) is 0 Å². The first-order valence-corrected chi connectivity index (χ1v) is 12.7. The lowest BCUT2D eigenvalue weighted by Gasteiger charge is -2.41. The number of hydrogen-bond acceptors (Lipinski definition) is 1. The smallest absolute Gasteiger partial charge is 0.201 e. The van der Waals surface area contributed by atoms with E-state index in [0.717, 1.165) is 30.2 Å². The van der Waals surface area contributed by atoms with Crippen LogP contribution in [0.15, 0.2) is 54.6 Å². The van der Waals surface area contributed by atoms with Crippen molar-refractivity contribution >= 4 is 0 Å². The lowest BCUT2D eigenvalue weighted by Crippen LogP contribution is -2.30. The molecule has 2 saturated carbocycles. The molecule has 0 saturated heterocycles. The van der Waals surface area contributed by atoms with Crippen molar-refractivity contribution in [1.29, 1.82) is 0 Å². The molecule has 2 aliphatic rings. The fraction of sp³-hybridized carbons (Fsp3) is 0.419. The van der Waals surface area contributed by atoms with Crippen LogP contribution in [-0.2, 0) is 0 Å². The molecule has 0 aliphatic heterocycles. The van der Waals surface area contributed by atoms with Crippen LogP contribution in [0.2, 0.25) is 0 Å². The van der Waals surface area contributed by atoms with Gasteiger partial charge in [0.25, 0.3) is 0 Å². The molecule has 2 fully saturated rings. The van der Waals surface area contributed by atoms with E-state index >= 15 is 0 Å². The van der Waals surface area contributed by atoms with Crippen molar-refractivity contribution in [2.75, 3.05) is 6.61 Å². The fourth-order valence-electron chi connectivity index (χ4n) is 5.67. The Kier molecular flexibility index (Phi) is 8.39. The molecule has 4 atom stereocenters. The van der Waals surface area contributed by atoms with Crippen molar-refractivity contribution in [3.8, 4) is 17.6 Å². The first-order chi connectivity index (χ1) is 17.0. The molecule has 0 heterocycles. The maximum Gasteiger partial charge on any atom is 0.201 e. The summed E-state index contributed by atoms with van der Waals surface area (Å²) >= 11 is 0. The average molecular weight is 479 g/mol. The second-order valence-corrected chi connectivity index (χ2v) is 9.74. The summed E-state index contributed by atoms with van der Waals surface area (Å²) in [7, 11) is 0. The maximum atomic E-state index is 14.9. The molecule has 184 valence electrons. The topological polar surface area (TPSA) is 9.23 Å². The van der Waals surface area contributed by atoms with Gasteiger partial charge in [0.1, 0.15) is 12.4 Å². The second-order valence-electron chi connectivity index (χ2n) is 9.74. The molecule has 4 unspecified atom stereocenters. The number of benzene rings is 2. The maximum absolute atomic E-state index is 14.9. The predicted octanol–water partition coefficient (Wildman–Crippen LogP) is 8.33. The van der Waals surface area contributed by atoms with E-state index < -0.39 is 17.5 Å². The Bertz CT molecular complexity index is 1150. The minimum atomic E-state index is -1.09. The average Bonchev–Trinajstić information content (AvgIpc) is 2.86. The van der Waals surface area contributed by atoms with Crippen molar-refractivity contribution in [2.24, 2.45) is 17.8 Å². The molecule has 35 heavy (non-hydrogen) atoms. The van der Waals surface area contributed by atoms with Crippen molar-refractivity contribution in [1.82, 2.24) is 0 Å². The van der Waals surface area contributed by atoms with Gasteiger partial charge in [-0.25, -0.2) is 8.78 Å². The van der Waals surface area contributed by atoms with Gasteiger partial charge >= 0.3 is 0 Å². The standard InChI is InChI=1S/C31H33F3O/c1-3-5-17-35-29-16-15-23(30(33)31(29)34)11-9-22-10-12-27(20-28(22)32)26-14-13-24-18-21(6-4-2)7-8-25(24)19-26/h3-6,10,12,15-16,20-21,24-26H,7-8,13-14,17-19H2,1-2H3/b5-3+,6-4+. The van der Waals surface area contributed by atoms with Gasteiger partial charge in [0.2, 0.25) is 5.82 Å². The van der Waals surface area contributed by atoms with E-state index in [-0.39, 0.29) is 23.5 Å². The van der Waals surface area contributed by atoms with Gasteiger partial charge in [-0.15, -0.1) is 0 Å². The van der Waals surface area contributed by atoms with Gasteiger partial charge in [0, 0.05) is 0 Å². The zero-order chi connectivity index (χ0) is 24.8. The van der Waals surface area contributed by atoms with E-state index in [1.165, 1.54) is 37.8 Å². The number of hydrogen-bond donors (Lipinski definition) is 0. The van der Waals surface area contributed by atoms with Crippen LogP contribution < -0.4 is 4.74 Å². The van der Waals surface area contributed by atoms with Gasteiger partial charge in [-0.2, -0.15) is 4.39 Å². The van der Waals surface area contributed by atoms with Crippen LogP contribution in [0, 0.1) is 47.0 Å². The summed E-state index contributed by atoms with van der Waals surface area (Å²) in [6, 6.07) is 7.88. The molecule has 1 nitrogen and oxygen atoms in total. The van der Waals surface area contributed by atoms with E-state index in [1.807, 2.05) is 13.0 Å². The highest BCUT2D eigenvalue weighted by Crippen LogP contribution is 2.47. The van der Waals surface area contributed by atoms with E-state index in [2.05, 4.69) is 30.9 Å². The Balaban J connectivity index is 1.43. The van der Waals surface area contributed by atoms with Gasteiger partial charge in [-0.1, -0.05) is 42.2 Å². The lowest BCUT2D eigenvalue weighted by atomic mass is 9.64. The van der Waals surface area contributed by atoms with Crippen molar-refractivity contribution in [2.45, 2.75) is 58.3 Å². The van der Waals surface area contributed by atoms with Gasteiger partial charge < -0.3 is 4.74 Å². The highest BCUT2D eigenvalue weighted by Gasteiger charge is 2.35. The quantitative estimate of drug-likeness (QED) is 0.310. The molecule has 2 aliphatic carbocycles. The van der Waals surface area contributed by atoms with Gasteiger partial charge in [0.15, 0.2) is 11.6 Å². The Hall–Kier alpha value is -2.93. The summed E-state index contributed by atoms with van der Waals surface area (Å²) in [6.07, 6.45) is 15.2. The third kappa shape index (κ3) is 6.01. The highest BCUT2D eigenvalue weighted by atomic mass is 19.2. The molecule has 0 bridgehead atoms. The number of halogens is 3. The summed E-state index contributed by atoms with van der Waals surface area (Å²) in [5.41, 5.74) is 1.07. The van der Waals surface area contributed by atoms with Crippen LogP contribution in [0.5, 0.6) is 5.75 Å². The first-order valence-electron chi connectivity index (χ1n) is 12.7. The summed E-state index contributed by atoms with van der Waals surface area (Å²) in [5.74, 6) is 5.07. The zero-order valence-electron chi connectivity index (χ0n) is 20.5. The lowest BCUT2D eigenvalue weighted by molar-refractivity contribution is 0.133. The van der Waals surface area contributed by atoms with Crippen LogP contribution in [0.3, 0.4) is 0 Å². The number of ether oxygens (including phenoxy) is 1. The number of allylic oxidation sites excluding steroid dienone is 3. The zero-order valence-corrected chi connectivity index (χ0v) is 20.5. The van der Waals surface area contributed by atoms with Gasteiger partial charge in [-0.3, -0.25) is 0 Å². The van der Waals surface area contributed by atoms with Crippen molar-refractivity contribution in [3.05, 3.63) is 88.8 Å². The van der Waals surface area contributed by atoms with Crippen molar-refractivity contribution < 1.29 is 17.9 Å². The third-order valence-electron chi connectivity index (χ3n) is 7.53. The molecule has 0 radical (unpaired) electrons. The Labute approximate surface area is 207 Å². The number of fused-ring (bicyclic) bond motifs is 1. The summed E-state index contributed by atoms with van der Waals surface area (Å²) in [4.78, 5) is 0. The summed E-state index contributed by atoms with van der Waals surface area (Å²) < 4.78 is 48.8. The van der Waals surface area contributed by atoms with Crippen LogP contribution in [-0.4, -0.2) is 6.61 Å². The van der Waals surface area contributed by atoms with Crippen LogP contribution >= 0.6 is 0 Å². The normalized spacial score (nSPS) is 24.3. The molecule has 4 heteroatoms. The van der Waals surface area contributed by atoms with Gasteiger partial charge in [0.05, 0.1) is 11.1 Å². The molecule has 2 aromatic rings. The Morgan fingerprint density at radius 1 is 0.857 bits per heavy atom. The predicted molar refractivity (Wildman–Crippen MR) is 135 cm³/mol. The molecule has 4 rings (SSSR count). The minimum Gasteiger partial charge on any atom is -0.486 e. The van der Waals surface area contributed by atoms with Crippen LogP contribution in [0.4, 0.5) is 13.2 Å². The van der Waals surface area contributed by atoms with E-state index in [0.29, 0.717) is 11.8 Å². The molecule has 0 N–H and O–H groups in total. The molecular formula is C31H33F3O. The Morgan fingerprint density at radius 2 is 1.60 bits per heavy atom. The van der Waals surface area contributed by atoms with E-state index in [9.17, 15) is 13.2 Å². The molecule has 0 aromatic heterocycles. The third-order valence-corrected chi connectivity index (χ3v) is 7.53. The summed E-state index contributed by atoms with van der Waals surface area (Å²) in [5, 5.41) is 0. The molecule has 2 aromatic carbocycles. The van der Waals surface area contributed by atoms with Gasteiger partial charge in [-0.05, 0) is 106 Å². The fourth-order valence-corrected chi connectivity index (χ4v) is 5.67. The van der Waals surface area contributed by atoms with Crippen LogP contribution in [0.1, 0.15) is 75.0 Å².